The Hall–Kier alpha value is -2.63. The van der Waals surface area contributed by atoms with E-state index < -0.39 is 11.5 Å². The van der Waals surface area contributed by atoms with E-state index in [0.29, 0.717) is 24.2 Å². The van der Waals surface area contributed by atoms with Gasteiger partial charge in [-0.25, -0.2) is 0 Å². The number of nitrogens with one attached hydrogen (secondary N) is 1. The molecule has 1 saturated carbocycles. The Labute approximate surface area is 171 Å². The predicted octanol–water partition coefficient (Wildman–Crippen LogP) is 4.21. The van der Waals surface area contributed by atoms with Gasteiger partial charge in [0.2, 0.25) is 0 Å². The number of Topliss-reactive ketones (excluding diaryl/α,β-unsaturated/α-hetero) is 2. The van der Waals surface area contributed by atoms with Gasteiger partial charge in [-0.3, -0.25) is 14.3 Å². The van der Waals surface area contributed by atoms with Crippen molar-refractivity contribution in [3.8, 4) is 5.75 Å². The third-order valence-corrected chi connectivity index (χ3v) is 6.34. The van der Waals surface area contributed by atoms with Gasteiger partial charge in [-0.1, -0.05) is 39.3 Å². The van der Waals surface area contributed by atoms with Crippen molar-refractivity contribution in [1.82, 2.24) is 9.78 Å². The van der Waals surface area contributed by atoms with Crippen LogP contribution in [0, 0.1) is 5.41 Å². The van der Waals surface area contributed by atoms with Crippen molar-refractivity contribution >= 4 is 17.4 Å². The van der Waals surface area contributed by atoms with Gasteiger partial charge in [-0.15, -0.1) is 0 Å². The first-order valence-electron chi connectivity index (χ1n) is 10.3. The van der Waals surface area contributed by atoms with E-state index in [0.717, 1.165) is 29.8 Å². The van der Waals surface area contributed by atoms with Gasteiger partial charge in [-0.05, 0) is 30.5 Å². The lowest BCUT2D eigenvalue weighted by Crippen LogP contribution is -2.52. The number of ketones is 2. The molecule has 1 aromatic carbocycles. The number of methoxy groups -OCH3 is 1. The second-order valence-electron chi connectivity index (χ2n) is 9.23. The standard InChI is InChI=1S/C23H29N3O3/c1-22(2,3)19-17-20(28)23(13-7-6-8-16(23)27)18(24-21(17)26(4)25-19)14-9-11-15(29-5)12-10-14/h9-12,18,24H,6-8,13H2,1-5H3/t18-,23+/m1/s1. The third kappa shape index (κ3) is 2.88. The van der Waals surface area contributed by atoms with Crippen molar-refractivity contribution < 1.29 is 14.3 Å². The van der Waals surface area contributed by atoms with Crippen LogP contribution in [0.1, 0.15) is 74.1 Å². The van der Waals surface area contributed by atoms with Crippen LogP contribution in [0.15, 0.2) is 24.3 Å². The van der Waals surface area contributed by atoms with Crippen LogP contribution in [0.25, 0.3) is 0 Å². The molecule has 6 nitrogen and oxygen atoms in total. The maximum Gasteiger partial charge on any atom is 0.184 e. The van der Waals surface area contributed by atoms with Gasteiger partial charge in [0.1, 0.15) is 22.8 Å². The topological polar surface area (TPSA) is 73.2 Å². The number of rotatable bonds is 2. The molecular weight excluding hydrogens is 366 g/mol. The number of fused-ring (bicyclic) bond motifs is 1. The van der Waals surface area contributed by atoms with Crippen LogP contribution < -0.4 is 10.1 Å². The van der Waals surface area contributed by atoms with E-state index in [2.05, 4.69) is 10.4 Å². The fourth-order valence-electron chi connectivity index (χ4n) is 4.81. The Morgan fingerprint density at radius 3 is 2.45 bits per heavy atom. The summed E-state index contributed by atoms with van der Waals surface area (Å²) in [5.74, 6) is 1.41. The van der Waals surface area contributed by atoms with Crippen LogP contribution in [0.2, 0.25) is 0 Å². The van der Waals surface area contributed by atoms with Crippen molar-refractivity contribution in [3.63, 3.8) is 0 Å². The first-order chi connectivity index (χ1) is 13.7. The van der Waals surface area contributed by atoms with E-state index in [9.17, 15) is 9.59 Å². The molecule has 6 heteroatoms. The zero-order valence-electron chi connectivity index (χ0n) is 17.8. The van der Waals surface area contributed by atoms with Crippen molar-refractivity contribution in [2.75, 3.05) is 12.4 Å². The highest BCUT2D eigenvalue weighted by atomic mass is 16.5. The second kappa shape index (κ2) is 6.71. The number of benzene rings is 1. The van der Waals surface area contributed by atoms with E-state index in [1.807, 2.05) is 52.1 Å². The lowest BCUT2D eigenvalue weighted by molar-refractivity contribution is -0.129. The number of aryl methyl sites for hydroxylation is 1. The fourth-order valence-corrected chi connectivity index (χ4v) is 4.81. The number of anilines is 1. The molecule has 154 valence electrons. The van der Waals surface area contributed by atoms with Gasteiger partial charge in [0.05, 0.1) is 24.4 Å². The molecule has 2 aromatic rings. The highest BCUT2D eigenvalue weighted by molar-refractivity contribution is 6.19. The van der Waals surface area contributed by atoms with E-state index in [4.69, 9.17) is 4.74 Å². The maximum atomic E-state index is 14.1. The van der Waals surface area contributed by atoms with Crippen LogP contribution in [0.3, 0.4) is 0 Å². The van der Waals surface area contributed by atoms with Crippen molar-refractivity contribution in [2.45, 2.75) is 57.9 Å². The molecule has 0 unspecified atom stereocenters. The number of hydrogen-bond donors (Lipinski definition) is 1. The minimum Gasteiger partial charge on any atom is -0.497 e. The minimum atomic E-state index is -1.08. The first kappa shape index (κ1) is 19.7. The molecule has 2 atom stereocenters. The largest absolute Gasteiger partial charge is 0.497 e. The molecule has 1 spiro atoms. The van der Waals surface area contributed by atoms with Gasteiger partial charge in [-0.2, -0.15) is 5.10 Å². The molecule has 0 radical (unpaired) electrons. The summed E-state index contributed by atoms with van der Waals surface area (Å²) < 4.78 is 7.02. The lowest BCUT2D eigenvalue weighted by atomic mass is 9.60. The smallest absolute Gasteiger partial charge is 0.184 e. The van der Waals surface area contributed by atoms with Crippen LogP contribution in [-0.4, -0.2) is 28.5 Å². The minimum absolute atomic E-state index is 0.0384. The Morgan fingerprint density at radius 2 is 1.86 bits per heavy atom. The summed E-state index contributed by atoms with van der Waals surface area (Å²) in [6, 6.07) is 7.23. The van der Waals surface area contributed by atoms with Crippen LogP contribution >= 0.6 is 0 Å². The Bertz CT molecular complexity index is 968. The quantitative estimate of drug-likeness (QED) is 0.772. The zero-order valence-corrected chi connectivity index (χ0v) is 17.8. The summed E-state index contributed by atoms with van der Waals surface area (Å²) in [4.78, 5) is 27.4. The normalized spacial score (nSPS) is 24.4. The summed E-state index contributed by atoms with van der Waals surface area (Å²) in [6.07, 6.45) is 2.72. The molecule has 1 aliphatic heterocycles. The lowest BCUT2D eigenvalue weighted by Gasteiger charge is -2.45. The van der Waals surface area contributed by atoms with Gasteiger partial charge in [0, 0.05) is 18.9 Å². The summed E-state index contributed by atoms with van der Waals surface area (Å²) in [6.45, 7) is 6.15. The molecule has 1 N–H and O–H groups in total. The second-order valence-corrected chi connectivity index (χ2v) is 9.23. The molecule has 4 rings (SSSR count). The van der Waals surface area contributed by atoms with Gasteiger partial charge in [0.25, 0.3) is 0 Å². The number of nitrogens with zero attached hydrogens (tertiary/aromatic N) is 2. The number of hydrogen-bond acceptors (Lipinski definition) is 5. The number of carbonyl (C=O) groups is 2. The van der Waals surface area contributed by atoms with Gasteiger partial charge < -0.3 is 10.1 Å². The number of aromatic nitrogens is 2. The van der Waals surface area contributed by atoms with Gasteiger partial charge >= 0.3 is 0 Å². The van der Waals surface area contributed by atoms with Gasteiger partial charge in [0.15, 0.2) is 5.78 Å². The summed E-state index contributed by atoms with van der Waals surface area (Å²) in [7, 11) is 3.47. The van der Waals surface area contributed by atoms with E-state index in [1.54, 1.807) is 11.8 Å². The highest BCUT2D eigenvalue weighted by Gasteiger charge is 2.57. The monoisotopic (exact) mass is 395 g/mol. The average molecular weight is 396 g/mol. The SMILES string of the molecule is COc1ccc([C@H]2Nc3c(c(C(C)(C)C)nn3C)C(=O)[C@]23CCCCC3=O)cc1. The van der Waals surface area contributed by atoms with Crippen molar-refractivity contribution in [2.24, 2.45) is 12.5 Å². The molecule has 2 heterocycles. The Morgan fingerprint density at radius 1 is 1.17 bits per heavy atom. The molecule has 29 heavy (non-hydrogen) atoms. The molecule has 2 aliphatic rings. The first-order valence-corrected chi connectivity index (χ1v) is 10.3. The zero-order chi connectivity index (χ0) is 21.0. The predicted molar refractivity (Wildman–Crippen MR) is 112 cm³/mol. The number of ether oxygens (including phenoxy) is 1. The molecule has 1 fully saturated rings. The van der Waals surface area contributed by atoms with Crippen molar-refractivity contribution in [3.05, 3.63) is 41.1 Å². The van der Waals surface area contributed by atoms with E-state index in [-0.39, 0.29) is 17.0 Å². The summed E-state index contributed by atoms with van der Waals surface area (Å²) in [5, 5.41) is 8.23. The molecule has 0 bridgehead atoms. The van der Waals surface area contributed by atoms with Crippen LogP contribution in [0.5, 0.6) is 5.75 Å². The van der Waals surface area contributed by atoms with E-state index in [1.165, 1.54) is 0 Å². The Balaban J connectivity index is 1.93. The van der Waals surface area contributed by atoms with Crippen molar-refractivity contribution in [1.29, 1.82) is 0 Å². The molecule has 0 amide bonds. The van der Waals surface area contributed by atoms with E-state index >= 15 is 0 Å². The Kier molecular flexibility index (Phi) is 4.56. The number of carbonyl (C=O) groups excluding carboxylic acids is 2. The van der Waals surface area contributed by atoms with Crippen LogP contribution in [-0.2, 0) is 17.3 Å². The maximum absolute atomic E-state index is 14.1. The van der Waals surface area contributed by atoms with Crippen LogP contribution in [0.4, 0.5) is 5.82 Å². The molecule has 0 saturated heterocycles. The highest BCUT2D eigenvalue weighted by Crippen LogP contribution is 2.53. The summed E-state index contributed by atoms with van der Waals surface area (Å²) in [5.41, 5.74) is 0.870. The molecule has 1 aromatic heterocycles. The molecular formula is C23H29N3O3. The fraction of sp³-hybridized carbons (Fsp3) is 0.522. The third-order valence-electron chi connectivity index (χ3n) is 6.34. The average Bonchev–Trinajstić information content (AvgIpc) is 3.03. The summed E-state index contributed by atoms with van der Waals surface area (Å²) >= 11 is 0. The molecule has 1 aliphatic carbocycles.